The Hall–Kier alpha value is -1.83. The van der Waals surface area contributed by atoms with Crippen molar-refractivity contribution in [1.82, 2.24) is 15.5 Å². The summed E-state index contributed by atoms with van der Waals surface area (Å²) in [7, 11) is 0. The predicted octanol–water partition coefficient (Wildman–Crippen LogP) is -2.02. The van der Waals surface area contributed by atoms with Crippen LogP contribution in [0.2, 0.25) is 0 Å². The summed E-state index contributed by atoms with van der Waals surface area (Å²) in [6.07, 6.45) is -0.918. The number of piperazine rings is 1. The normalized spacial score (nSPS) is 29.4. The smallest absolute Gasteiger partial charge is 0.407 e. The lowest BCUT2D eigenvalue weighted by atomic mass is 10.1. The van der Waals surface area contributed by atoms with Gasteiger partial charge < -0.3 is 20.5 Å². The monoisotopic (exact) mass is 243 g/mol. The molecule has 17 heavy (non-hydrogen) atoms. The summed E-state index contributed by atoms with van der Waals surface area (Å²) in [5.74, 6) is -1.22. The minimum atomic E-state index is -0.998. The first kappa shape index (κ1) is 11.6. The number of hydrogen-bond acceptors (Lipinski definition) is 5. The Morgan fingerprint density at radius 2 is 2.18 bits per heavy atom. The number of nitrogens with one attached hydrogen (secondary N) is 2. The molecule has 0 aliphatic carbocycles. The molecule has 2 amide bonds. The Morgan fingerprint density at radius 1 is 1.41 bits per heavy atom. The lowest BCUT2D eigenvalue weighted by Gasteiger charge is -2.33. The van der Waals surface area contributed by atoms with Gasteiger partial charge >= 0.3 is 12.1 Å². The van der Waals surface area contributed by atoms with Gasteiger partial charge in [0.25, 0.3) is 0 Å². The molecule has 0 radical (unpaired) electrons. The fraction of sp³-hybridized carbons (Fsp3) is 0.667. The molecule has 2 atom stereocenters. The molecule has 2 rings (SSSR count). The zero-order valence-corrected chi connectivity index (χ0v) is 9.01. The van der Waals surface area contributed by atoms with Crippen LogP contribution in [-0.2, 0) is 14.3 Å². The molecule has 0 aromatic heterocycles. The van der Waals surface area contributed by atoms with Crippen molar-refractivity contribution < 1.29 is 24.2 Å². The van der Waals surface area contributed by atoms with Crippen molar-refractivity contribution in [3.63, 3.8) is 0 Å². The average Bonchev–Trinajstić information content (AvgIpc) is 2.63. The number of alkyl carbamates (subject to hydrolysis) is 1. The number of carbonyl (C=O) groups is 3. The summed E-state index contributed by atoms with van der Waals surface area (Å²) in [4.78, 5) is 34.5. The molecule has 2 saturated heterocycles. The molecular formula is C9H13N3O5. The zero-order valence-electron chi connectivity index (χ0n) is 9.01. The van der Waals surface area contributed by atoms with Gasteiger partial charge in [-0.15, -0.1) is 0 Å². The van der Waals surface area contributed by atoms with Crippen LogP contribution in [0.5, 0.6) is 0 Å². The fourth-order valence-electron chi connectivity index (χ4n) is 1.92. The molecule has 2 aliphatic rings. The SMILES string of the molecule is O=C1CN(CC2CNC(=O)O2)C(C(=O)O)CN1. The van der Waals surface area contributed by atoms with Crippen LogP contribution in [0.25, 0.3) is 0 Å². The highest BCUT2D eigenvalue weighted by Gasteiger charge is 2.35. The number of amides is 2. The highest BCUT2D eigenvalue weighted by atomic mass is 16.6. The van der Waals surface area contributed by atoms with Gasteiger partial charge in [0.1, 0.15) is 12.1 Å². The van der Waals surface area contributed by atoms with Gasteiger partial charge in [-0.05, 0) is 0 Å². The van der Waals surface area contributed by atoms with Crippen molar-refractivity contribution in [3.05, 3.63) is 0 Å². The highest BCUT2D eigenvalue weighted by Crippen LogP contribution is 2.09. The van der Waals surface area contributed by atoms with Gasteiger partial charge in [-0.1, -0.05) is 0 Å². The van der Waals surface area contributed by atoms with Gasteiger partial charge in [0.15, 0.2) is 0 Å². The quantitative estimate of drug-likeness (QED) is 0.528. The van der Waals surface area contributed by atoms with E-state index in [-0.39, 0.29) is 25.5 Å². The maximum Gasteiger partial charge on any atom is 0.407 e. The van der Waals surface area contributed by atoms with Crippen LogP contribution >= 0.6 is 0 Å². The molecule has 0 bridgehead atoms. The molecule has 8 nitrogen and oxygen atoms in total. The summed E-state index contributed by atoms with van der Waals surface area (Å²) in [5.41, 5.74) is 0. The van der Waals surface area contributed by atoms with Gasteiger partial charge in [0.2, 0.25) is 5.91 Å². The molecule has 2 fully saturated rings. The number of carboxylic acid groups (broad SMARTS) is 1. The second-order valence-electron chi connectivity index (χ2n) is 4.00. The third kappa shape index (κ3) is 2.64. The van der Waals surface area contributed by atoms with Gasteiger partial charge in [-0.2, -0.15) is 0 Å². The number of aliphatic carboxylic acids is 1. The summed E-state index contributed by atoms with van der Waals surface area (Å²) in [6.45, 7) is 0.652. The van der Waals surface area contributed by atoms with E-state index in [1.807, 2.05) is 0 Å². The number of cyclic esters (lactones) is 1. The van der Waals surface area contributed by atoms with Crippen molar-refractivity contribution in [1.29, 1.82) is 0 Å². The summed E-state index contributed by atoms with van der Waals surface area (Å²) in [6, 6.07) is -0.771. The first-order chi connectivity index (χ1) is 8.06. The number of rotatable bonds is 3. The van der Waals surface area contributed by atoms with Gasteiger partial charge in [-0.25, -0.2) is 4.79 Å². The molecule has 0 aromatic rings. The predicted molar refractivity (Wildman–Crippen MR) is 54.3 cm³/mol. The number of nitrogens with zero attached hydrogens (tertiary/aromatic N) is 1. The first-order valence-electron chi connectivity index (χ1n) is 5.24. The summed E-state index contributed by atoms with van der Waals surface area (Å²) in [5, 5.41) is 14.0. The third-order valence-electron chi connectivity index (χ3n) is 2.75. The zero-order chi connectivity index (χ0) is 12.4. The van der Waals surface area contributed by atoms with E-state index in [1.54, 1.807) is 0 Å². The number of hydrogen-bond donors (Lipinski definition) is 3. The van der Waals surface area contributed by atoms with E-state index in [2.05, 4.69) is 10.6 Å². The number of ether oxygens (including phenoxy) is 1. The van der Waals surface area contributed by atoms with Crippen LogP contribution in [0.15, 0.2) is 0 Å². The van der Waals surface area contributed by atoms with Crippen LogP contribution in [0.1, 0.15) is 0 Å². The van der Waals surface area contributed by atoms with E-state index in [9.17, 15) is 14.4 Å². The number of carbonyl (C=O) groups excluding carboxylic acids is 2. The van der Waals surface area contributed by atoms with E-state index in [0.29, 0.717) is 6.54 Å². The standard InChI is InChI=1S/C9H13N3O5/c13-7-4-12(6(2-10-7)8(14)15)3-5-1-11-9(16)17-5/h5-6H,1-4H2,(H,10,13)(H,11,16)(H,14,15). The topological polar surface area (TPSA) is 108 Å². The molecule has 0 aromatic carbocycles. The molecular weight excluding hydrogens is 230 g/mol. The van der Waals surface area contributed by atoms with Crippen molar-refractivity contribution >= 4 is 18.0 Å². The Kier molecular flexibility index (Phi) is 3.14. The van der Waals surface area contributed by atoms with Crippen molar-refractivity contribution in [3.8, 4) is 0 Å². The number of carboxylic acids is 1. The van der Waals surface area contributed by atoms with Crippen molar-refractivity contribution in [2.45, 2.75) is 12.1 Å². The van der Waals surface area contributed by atoms with Crippen LogP contribution in [0, 0.1) is 0 Å². The average molecular weight is 243 g/mol. The Labute approximate surface area is 96.9 Å². The molecule has 2 unspecified atom stereocenters. The van der Waals surface area contributed by atoms with Crippen LogP contribution in [0.4, 0.5) is 4.79 Å². The molecule has 8 heteroatoms. The Morgan fingerprint density at radius 3 is 2.76 bits per heavy atom. The molecule has 2 heterocycles. The van der Waals surface area contributed by atoms with E-state index < -0.39 is 24.2 Å². The van der Waals surface area contributed by atoms with E-state index >= 15 is 0 Å². The Bertz CT molecular complexity index is 359. The molecule has 94 valence electrons. The summed E-state index contributed by atoms with van der Waals surface area (Å²) >= 11 is 0. The van der Waals surface area contributed by atoms with E-state index in [0.717, 1.165) is 0 Å². The third-order valence-corrected chi connectivity index (χ3v) is 2.75. The first-order valence-corrected chi connectivity index (χ1v) is 5.24. The minimum Gasteiger partial charge on any atom is -0.480 e. The molecule has 2 aliphatic heterocycles. The maximum atomic E-state index is 11.2. The van der Waals surface area contributed by atoms with Crippen LogP contribution in [-0.4, -0.2) is 66.3 Å². The van der Waals surface area contributed by atoms with Crippen LogP contribution in [0.3, 0.4) is 0 Å². The lowest BCUT2D eigenvalue weighted by molar-refractivity contribution is -0.146. The second kappa shape index (κ2) is 4.58. The maximum absolute atomic E-state index is 11.2. The van der Waals surface area contributed by atoms with E-state index in [4.69, 9.17) is 9.84 Å². The van der Waals surface area contributed by atoms with Gasteiger partial charge in [0.05, 0.1) is 13.1 Å². The van der Waals surface area contributed by atoms with Gasteiger partial charge in [-0.3, -0.25) is 14.5 Å². The van der Waals surface area contributed by atoms with Gasteiger partial charge in [0, 0.05) is 13.1 Å². The molecule has 3 N–H and O–H groups in total. The molecule has 0 spiro atoms. The fourth-order valence-corrected chi connectivity index (χ4v) is 1.92. The molecule has 0 saturated carbocycles. The van der Waals surface area contributed by atoms with Crippen molar-refractivity contribution in [2.24, 2.45) is 0 Å². The van der Waals surface area contributed by atoms with Crippen LogP contribution < -0.4 is 10.6 Å². The highest BCUT2D eigenvalue weighted by molar-refractivity contribution is 5.83. The largest absolute Gasteiger partial charge is 0.480 e. The minimum absolute atomic E-state index is 0.00498. The lowest BCUT2D eigenvalue weighted by Crippen LogP contribution is -2.59. The van der Waals surface area contributed by atoms with E-state index in [1.165, 1.54) is 4.90 Å². The Balaban J connectivity index is 1.97. The summed E-state index contributed by atoms with van der Waals surface area (Å²) < 4.78 is 4.91. The second-order valence-corrected chi connectivity index (χ2v) is 4.00. The van der Waals surface area contributed by atoms with Crippen molar-refractivity contribution in [2.75, 3.05) is 26.2 Å².